The van der Waals surface area contributed by atoms with Crippen molar-refractivity contribution in [3.63, 3.8) is 0 Å². The summed E-state index contributed by atoms with van der Waals surface area (Å²) in [5, 5.41) is 3.48. The van der Waals surface area contributed by atoms with Crippen LogP contribution < -0.4 is 10.2 Å². The number of halogens is 1. The first-order valence-electron chi connectivity index (χ1n) is 6.44. The Balaban J connectivity index is 2.00. The van der Waals surface area contributed by atoms with Crippen molar-refractivity contribution in [2.75, 3.05) is 24.5 Å². The highest BCUT2D eigenvalue weighted by atomic mass is 19.1. The highest BCUT2D eigenvalue weighted by Crippen LogP contribution is 2.22. The molecule has 1 saturated heterocycles. The van der Waals surface area contributed by atoms with Crippen LogP contribution in [-0.4, -0.2) is 25.7 Å². The zero-order valence-corrected chi connectivity index (χ0v) is 10.7. The molecule has 1 aliphatic heterocycles. The SMILES string of the molecule is CCNC1CCN(c2cc(C)cc(F)c2)CC1. The molecule has 0 aliphatic carbocycles. The van der Waals surface area contributed by atoms with Crippen LogP contribution >= 0.6 is 0 Å². The minimum atomic E-state index is -0.131. The van der Waals surface area contributed by atoms with Crippen molar-refractivity contribution >= 4 is 5.69 Å². The minimum Gasteiger partial charge on any atom is -0.371 e. The van der Waals surface area contributed by atoms with Gasteiger partial charge >= 0.3 is 0 Å². The van der Waals surface area contributed by atoms with Crippen molar-refractivity contribution in [1.82, 2.24) is 5.32 Å². The van der Waals surface area contributed by atoms with Gasteiger partial charge in [0.1, 0.15) is 5.82 Å². The van der Waals surface area contributed by atoms with E-state index in [0.29, 0.717) is 6.04 Å². The highest BCUT2D eigenvalue weighted by molar-refractivity contribution is 5.49. The normalized spacial score (nSPS) is 17.5. The predicted molar refractivity (Wildman–Crippen MR) is 70.0 cm³/mol. The summed E-state index contributed by atoms with van der Waals surface area (Å²) in [6.07, 6.45) is 2.28. The molecule has 1 fully saturated rings. The van der Waals surface area contributed by atoms with Crippen LogP contribution in [0.15, 0.2) is 18.2 Å². The molecule has 3 heteroatoms. The van der Waals surface area contributed by atoms with Gasteiger partial charge in [-0.3, -0.25) is 0 Å². The molecular weight excluding hydrogens is 215 g/mol. The number of piperidine rings is 1. The third-order valence-corrected chi connectivity index (χ3v) is 3.38. The number of nitrogens with zero attached hydrogens (tertiary/aromatic N) is 1. The van der Waals surface area contributed by atoms with Crippen molar-refractivity contribution in [2.24, 2.45) is 0 Å². The summed E-state index contributed by atoms with van der Waals surface area (Å²) in [5.74, 6) is -0.131. The Morgan fingerprint density at radius 2 is 2.00 bits per heavy atom. The van der Waals surface area contributed by atoms with Gasteiger partial charge in [0, 0.05) is 24.8 Å². The molecule has 0 unspecified atom stereocenters. The first-order valence-corrected chi connectivity index (χ1v) is 6.44. The van der Waals surface area contributed by atoms with Crippen LogP contribution in [0.5, 0.6) is 0 Å². The van der Waals surface area contributed by atoms with E-state index < -0.39 is 0 Å². The topological polar surface area (TPSA) is 15.3 Å². The number of nitrogens with one attached hydrogen (secondary N) is 1. The van der Waals surface area contributed by atoms with Crippen molar-refractivity contribution in [1.29, 1.82) is 0 Å². The van der Waals surface area contributed by atoms with Crippen LogP contribution in [0.3, 0.4) is 0 Å². The number of hydrogen-bond acceptors (Lipinski definition) is 2. The zero-order valence-electron chi connectivity index (χ0n) is 10.7. The molecule has 1 heterocycles. The van der Waals surface area contributed by atoms with Crippen LogP contribution in [-0.2, 0) is 0 Å². The smallest absolute Gasteiger partial charge is 0.125 e. The van der Waals surface area contributed by atoms with E-state index in [2.05, 4.69) is 23.2 Å². The summed E-state index contributed by atoms with van der Waals surface area (Å²) in [6.45, 7) is 7.14. The fraction of sp³-hybridized carbons (Fsp3) is 0.571. The van der Waals surface area contributed by atoms with E-state index in [-0.39, 0.29) is 5.82 Å². The van der Waals surface area contributed by atoms with Gasteiger partial charge in [0.05, 0.1) is 0 Å². The second-order valence-corrected chi connectivity index (χ2v) is 4.81. The minimum absolute atomic E-state index is 0.131. The quantitative estimate of drug-likeness (QED) is 0.868. The van der Waals surface area contributed by atoms with E-state index in [0.717, 1.165) is 43.7 Å². The fourth-order valence-corrected chi connectivity index (χ4v) is 2.53. The van der Waals surface area contributed by atoms with Gasteiger partial charge in [-0.15, -0.1) is 0 Å². The van der Waals surface area contributed by atoms with Crippen LogP contribution in [0, 0.1) is 12.7 Å². The van der Waals surface area contributed by atoms with E-state index in [1.807, 2.05) is 6.92 Å². The standard InChI is InChI=1S/C14H21FN2/c1-3-16-13-4-6-17(7-5-13)14-9-11(2)8-12(15)10-14/h8-10,13,16H,3-7H2,1-2H3. The van der Waals surface area contributed by atoms with Crippen LogP contribution in [0.2, 0.25) is 0 Å². The average Bonchev–Trinajstić information content (AvgIpc) is 2.29. The molecule has 1 N–H and O–H groups in total. The molecular formula is C14H21FN2. The summed E-state index contributed by atoms with van der Waals surface area (Å²) in [5.41, 5.74) is 2.02. The Bertz CT molecular complexity index is 350. The molecule has 94 valence electrons. The molecule has 17 heavy (non-hydrogen) atoms. The molecule has 0 bridgehead atoms. The summed E-state index contributed by atoms with van der Waals surface area (Å²) < 4.78 is 13.3. The molecule has 0 saturated carbocycles. The molecule has 0 atom stereocenters. The Labute approximate surface area is 103 Å². The molecule has 0 spiro atoms. The van der Waals surface area contributed by atoms with Gasteiger partial charge in [-0.2, -0.15) is 0 Å². The molecule has 1 aliphatic rings. The Morgan fingerprint density at radius 3 is 2.59 bits per heavy atom. The maximum atomic E-state index is 13.3. The van der Waals surface area contributed by atoms with Gasteiger partial charge in [-0.25, -0.2) is 4.39 Å². The van der Waals surface area contributed by atoms with Crippen molar-refractivity contribution in [2.45, 2.75) is 32.7 Å². The summed E-state index contributed by atoms with van der Waals surface area (Å²) in [4.78, 5) is 2.28. The molecule has 1 aromatic carbocycles. The fourth-order valence-electron chi connectivity index (χ4n) is 2.53. The summed E-state index contributed by atoms with van der Waals surface area (Å²) >= 11 is 0. The molecule has 0 aromatic heterocycles. The summed E-state index contributed by atoms with van der Waals surface area (Å²) in [6, 6.07) is 5.91. The van der Waals surface area contributed by atoms with Crippen LogP contribution in [0.25, 0.3) is 0 Å². The van der Waals surface area contributed by atoms with Gasteiger partial charge in [0.15, 0.2) is 0 Å². The molecule has 1 aromatic rings. The average molecular weight is 236 g/mol. The van der Waals surface area contributed by atoms with Crippen molar-refractivity contribution in [3.05, 3.63) is 29.6 Å². The lowest BCUT2D eigenvalue weighted by molar-refractivity contribution is 0.423. The molecule has 2 nitrogen and oxygen atoms in total. The molecule has 0 amide bonds. The Kier molecular flexibility index (Phi) is 4.00. The van der Waals surface area contributed by atoms with E-state index in [1.54, 1.807) is 12.1 Å². The maximum Gasteiger partial charge on any atom is 0.125 e. The third kappa shape index (κ3) is 3.19. The Morgan fingerprint density at radius 1 is 1.29 bits per heavy atom. The zero-order chi connectivity index (χ0) is 12.3. The van der Waals surface area contributed by atoms with Crippen LogP contribution in [0.4, 0.5) is 10.1 Å². The van der Waals surface area contributed by atoms with Crippen LogP contribution in [0.1, 0.15) is 25.3 Å². The number of benzene rings is 1. The van der Waals surface area contributed by atoms with E-state index >= 15 is 0 Å². The van der Waals surface area contributed by atoms with E-state index in [4.69, 9.17) is 0 Å². The number of anilines is 1. The van der Waals surface area contributed by atoms with Gasteiger partial charge < -0.3 is 10.2 Å². The number of aryl methyl sites for hydroxylation is 1. The van der Waals surface area contributed by atoms with E-state index in [9.17, 15) is 4.39 Å². The van der Waals surface area contributed by atoms with Gasteiger partial charge in [0.2, 0.25) is 0 Å². The lowest BCUT2D eigenvalue weighted by Crippen LogP contribution is -2.42. The first kappa shape index (κ1) is 12.4. The van der Waals surface area contributed by atoms with Crippen molar-refractivity contribution < 1.29 is 4.39 Å². The Hall–Kier alpha value is -1.09. The first-order chi connectivity index (χ1) is 8.19. The second-order valence-electron chi connectivity index (χ2n) is 4.81. The van der Waals surface area contributed by atoms with Gasteiger partial charge in [0.25, 0.3) is 0 Å². The largest absolute Gasteiger partial charge is 0.371 e. The lowest BCUT2D eigenvalue weighted by atomic mass is 10.0. The maximum absolute atomic E-state index is 13.3. The summed E-state index contributed by atoms with van der Waals surface area (Å²) in [7, 11) is 0. The van der Waals surface area contributed by atoms with Gasteiger partial charge in [-0.1, -0.05) is 6.92 Å². The number of hydrogen-bond donors (Lipinski definition) is 1. The predicted octanol–water partition coefficient (Wildman–Crippen LogP) is 2.71. The highest BCUT2D eigenvalue weighted by Gasteiger charge is 2.18. The monoisotopic (exact) mass is 236 g/mol. The molecule has 2 rings (SSSR count). The second kappa shape index (κ2) is 5.50. The van der Waals surface area contributed by atoms with E-state index in [1.165, 1.54) is 0 Å². The van der Waals surface area contributed by atoms with Crippen molar-refractivity contribution in [3.8, 4) is 0 Å². The lowest BCUT2D eigenvalue weighted by Gasteiger charge is -2.34. The van der Waals surface area contributed by atoms with Gasteiger partial charge in [-0.05, 0) is 50.1 Å². The molecule has 0 radical (unpaired) electrons. The number of rotatable bonds is 3. The third-order valence-electron chi connectivity index (χ3n) is 3.38.